The van der Waals surface area contributed by atoms with Crippen LogP contribution in [0, 0.1) is 18.3 Å². The molecular weight excluding hydrogens is 283 g/mol. The molecule has 0 saturated carbocycles. The van der Waals surface area contributed by atoms with Gasteiger partial charge >= 0.3 is 0 Å². The topological polar surface area (TPSA) is 74.7 Å². The molecule has 1 aromatic carbocycles. The lowest BCUT2D eigenvalue weighted by molar-refractivity contribution is 1.29. The van der Waals surface area contributed by atoms with Gasteiger partial charge in [0.1, 0.15) is 6.07 Å². The summed E-state index contributed by atoms with van der Waals surface area (Å²) in [5, 5.41) is 12.9. The lowest BCUT2D eigenvalue weighted by Gasteiger charge is -2.11. The molecule has 0 aliphatic rings. The number of pyridine rings is 1. The summed E-state index contributed by atoms with van der Waals surface area (Å²) < 4.78 is 0. The van der Waals surface area contributed by atoms with Crippen molar-refractivity contribution >= 4 is 40.4 Å². The van der Waals surface area contributed by atoms with Crippen molar-refractivity contribution in [1.29, 1.82) is 5.26 Å². The van der Waals surface area contributed by atoms with E-state index >= 15 is 0 Å². The van der Waals surface area contributed by atoms with Crippen LogP contribution in [0.3, 0.4) is 0 Å². The Morgan fingerprint density at radius 2 is 2.00 bits per heavy atom. The van der Waals surface area contributed by atoms with Crippen molar-refractivity contribution in [2.45, 2.75) is 6.92 Å². The van der Waals surface area contributed by atoms with Crippen molar-refractivity contribution in [2.75, 3.05) is 11.1 Å². The number of nitrogens with two attached hydrogens (primary N) is 1. The molecular formula is C13H10Cl2N4. The summed E-state index contributed by atoms with van der Waals surface area (Å²) in [6.45, 7) is 1.87. The number of anilines is 3. The first-order chi connectivity index (χ1) is 9.01. The monoisotopic (exact) mass is 292 g/mol. The Labute approximate surface area is 120 Å². The first-order valence-electron chi connectivity index (χ1n) is 5.39. The molecule has 96 valence electrons. The van der Waals surface area contributed by atoms with Crippen LogP contribution in [0.2, 0.25) is 10.0 Å². The maximum atomic E-state index is 8.75. The van der Waals surface area contributed by atoms with Crippen LogP contribution in [0.4, 0.5) is 17.2 Å². The zero-order chi connectivity index (χ0) is 14.0. The molecule has 0 fully saturated rings. The first-order valence-corrected chi connectivity index (χ1v) is 6.15. The molecule has 0 amide bonds. The summed E-state index contributed by atoms with van der Waals surface area (Å²) in [5.74, 6) is 0.431. The number of hydrogen-bond acceptors (Lipinski definition) is 4. The largest absolute Gasteiger partial charge is 0.396 e. The number of nitrogens with one attached hydrogen (secondary N) is 1. The van der Waals surface area contributed by atoms with Crippen LogP contribution in [0.5, 0.6) is 0 Å². The molecule has 0 saturated heterocycles. The van der Waals surface area contributed by atoms with Gasteiger partial charge < -0.3 is 11.1 Å². The normalized spacial score (nSPS) is 10.0. The van der Waals surface area contributed by atoms with Crippen molar-refractivity contribution in [1.82, 2.24) is 4.98 Å². The highest BCUT2D eigenvalue weighted by Crippen LogP contribution is 2.32. The minimum atomic E-state index is 0.367. The minimum absolute atomic E-state index is 0.367. The molecule has 3 N–H and O–H groups in total. The van der Waals surface area contributed by atoms with E-state index < -0.39 is 0 Å². The third-order valence-corrected chi connectivity index (χ3v) is 3.27. The van der Waals surface area contributed by atoms with E-state index in [0.29, 0.717) is 32.8 Å². The van der Waals surface area contributed by atoms with E-state index in [0.717, 1.165) is 5.56 Å². The van der Waals surface area contributed by atoms with Crippen molar-refractivity contribution in [3.05, 3.63) is 45.6 Å². The summed E-state index contributed by atoms with van der Waals surface area (Å²) >= 11 is 12.2. The fourth-order valence-corrected chi connectivity index (χ4v) is 1.95. The molecule has 0 aliphatic carbocycles. The second-order valence-corrected chi connectivity index (χ2v) is 4.79. The first kappa shape index (κ1) is 13.5. The maximum absolute atomic E-state index is 8.75. The molecule has 1 heterocycles. The van der Waals surface area contributed by atoms with Crippen LogP contribution in [0.25, 0.3) is 0 Å². The quantitative estimate of drug-likeness (QED) is 0.880. The third-order valence-electron chi connectivity index (χ3n) is 2.55. The Hall–Kier alpha value is -1.96. The molecule has 4 nitrogen and oxygen atoms in total. The molecule has 6 heteroatoms. The van der Waals surface area contributed by atoms with E-state index in [-0.39, 0.29) is 0 Å². The molecule has 0 radical (unpaired) electrons. The number of aryl methyl sites for hydroxylation is 1. The van der Waals surface area contributed by atoms with E-state index in [1.807, 2.05) is 13.0 Å². The average Bonchev–Trinajstić information content (AvgIpc) is 2.38. The van der Waals surface area contributed by atoms with Crippen LogP contribution in [-0.4, -0.2) is 4.98 Å². The maximum Gasteiger partial charge on any atom is 0.153 e. The summed E-state index contributed by atoms with van der Waals surface area (Å²) in [4.78, 5) is 4.08. The van der Waals surface area contributed by atoms with Gasteiger partial charge in [0.15, 0.2) is 5.82 Å². The van der Waals surface area contributed by atoms with E-state index in [4.69, 9.17) is 34.2 Å². The van der Waals surface area contributed by atoms with Gasteiger partial charge in [0.05, 0.1) is 22.0 Å². The van der Waals surface area contributed by atoms with E-state index in [1.54, 1.807) is 18.2 Å². The number of aromatic nitrogens is 1. The van der Waals surface area contributed by atoms with Gasteiger partial charge in [-0.2, -0.15) is 5.26 Å². The summed E-state index contributed by atoms with van der Waals surface area (Å²) in [7, 11) is 0. The van der Waals surface area contributed by atoms with Crippen LogP contribution in [-0.2, 0) is 0 Å². The number of nitrogens with zero attached hydrogens (tertiary/aromatic N) is 2. The smallest absolute Gasteiger partial charge is 0.153 e. The fourth-order valence-electron chi connectivity index (χ4n) is 1.52. The van der Waals surface area contributed by atoms with Gasteiger partial charge in [0.2, 0.25) is 0 Å². The number of halogens is 2. The second kappa shape index (κ2) is 5.35. The van der Waals surface area contributed by atoms with Gasteiger partial charge in [-0.15, -0.1) is 0 Å². The Bertz CT molecular complexity index is 677. The lowest BCUT2D eigenvalue weighted by Crippen LogP contribution is -2.00. The van der Waals surface area contributed by atoms with Crippen molar-refractivity contribution < 1.29 is 0 Å². The van der Waals surface area contributed by atoms with Crippen molar-refractivity contribution in [3.8, 4) is 6.07 Å². The highest BCUT2D eigenvalue weighted by Gasteiger charge is 2.08. The molecule has 0 unspecified atom stereocenters. The molecule has 0 bridgehead atoms. The number of hydrogen-bond donors (Lipinski definition) is 2. The molecule has 0 atom stereocenters. The number of nitrogen functional groups attached to an aromatic ring is 1. The van der Waals surface area contributed by atoms with Gasteiger partial charge in [0.25, 0.3) is 0 Å². The fraction of sp³-hybridized carbons (Fsp3) is 0.0769. The second-order valence-electron chi connectivity index (χ2n) is 3.98. The standard InChI is InChI=1S/C13H10Cl2N4/c1-7-2-10(15)12(4-9(7)14)19-13-11(17)3-8(5-16)6-18-13/h2-4,6H,17H2,1H3,(H,18,19). The Morgan fingerprint density at radius 3 is 2.63 bits per heavy atom. The van der Waals surface area contributed by atoms with Crippen LogP contribution in [0.1, 0.15) is 11.1 Å². The van der Waals surface area contributed by atoms with Crippen LogP contribution >= 0.6 is 23.2 Å². The van der Waals surface area contributed by atoms with E-state index in [2.05, 4.69) is 10.3 Å². The predicted molar refractivity (Wildman–Crippen MR) is 77.8 cm³/mol. The molecule has 0 aliphatic heterocycles. The minimum Gasteiger partial charge on any atom is -0.396 e. The molecule has 19 heavy (non-hydrogen) atoms. The molecule has 0 spiro atoms. The highest BCUT2D eigenvalue weighted by molar-refractivity contribution is 6.35. The summed E-state index contributed by atoms with van der Waals surface area (Å²) in [6.07, 6.45) is 1.43. The highest BCUT2D eigenvalue weighted by atomic mass is 35.5. The van der Waals surface area contributed by atoms with Gasteiger partial charge in [0, 0.05) is 11.2 Å². The summed E-state index contributed by atoms with van der Waals surface area (Å²) in [5.41, 5.74) is 8.08. The lowest BCUT2D eigenvalue weighted by atomic mass is 10.2. The third kappa shape index (κ3) is 2.90. The van der Waals surface area contributed by atoms with E-state index in [1.165, 1.54) is 6.20 Å². The summed E-state index contributed by atoms with van der Waals surface area (Å²) in [6, 6.07) is 6.97. The van der Waals surface area contributed by atoms with Gasteiger partial charge in [-0.3, -0.25) is 0 Å². The van der Waals surface area contributed by atoms with Gasteiger partial charge in [-0.05, 0) is 30.7 Å². The van der Waals surface area contributed by atoms with Crippen molar-refractivity contribution in [3.63, 3.8) is 0 Å². The zero-order valence-corrected chi connectivity index (χ0v) is 11.5. The average molecular weight is 293 g/mol. The van der Waals surface area contributed by atoms with Gasteiger partial charge in [-0.25, -0.2) is 4.98 Å². The van der Waals surface area contributed by atoms with Crippen molar-refractivity contribution in [2.24, 2.45) is 0 Å². The van der Waals surface area contributed by atoms with Crippen LogP contribution in [0.15, 0.2) is 24.4 Å². The number of benzene rings is 1. The Balaban J connectivity index is 2.37. The number of nitriles is 1. The predicted octanol–water partition coefficient (Wildman–Crippen LogP) is 3.89. The molecule has 2 rings (SSSR count). The Morgan fingerprint density at radius 1 is 1.26 bits per heavy atom. The molecule has 2 aromatic rings. The Kier molecular flexibility index (Phi) is 3.79. The van der Waals surface area contributed by atoms with E-state index in [9.17, 15) is 0 Å². The van der Waals surface area contributed by atoms with Crippen LogP contribution < -0.4 is 11.1 Å². The SMILES string of the molecule is Cc1cc(Cl)c(Nc2ncc(C#N)cc2N)cc1Cl. The number of rotatable bonds is 2. The van der Waals surface area contributed by atoms with Gasteiger partial charge in [-0.1, -0.05) is 23.2 Å². The zero-order valence-electron chi connectivity index (χ0n) is 10.0. The molecule has 1 aromatic heterocycles.